The van der Waals surface area contributed by atoms with Crippen LogP contribution in [0, 0.1) is 6.92 Å². The number of aryl methyl sites for hydroxylation is 1. The van der Waals surface area contributed by atoms with Gasteiger partial charge < -0.3 is 15.2 Å². The lowest BCUT2D eigenvalue weighted by atomic mass is 10.1. The zero-order valence-electron chi connectivity index (χ0n) is 10.9. The van der Waals surface area contributed by atoms with Crippen molar-refractivity contribution in [3.8, 4) is 0 Å². The van der Waals surface area contributed by atoms with Crippen molar-refractivity contribution in [3.63, 3.8) is 0 Å². The van der Waals surface area contributed by atoms with E-state index in [9.17, 15) is 0 Å². The molecule has 2 N–H and O–H groups in total. The minimum absolute atomic E-state index is 0.182. The van der Waals surface area contributed by atoms with Gasteiger partial charge in [0.1, 0.15) is 0 Å². The van der Waals surface area contributed by atoms with Crippen molar-refractivity contribution in [1.29, 1.82) is 0 Å². The van der Waals surface area contributed by atoms with E-state index in [0.29, 0.717) is 13.0 Å². The fraction of sp³-hybridized carbons (Fsp3) is 0.571. The first kappa shape index (κ1) is 14.2. The molecule has 3 nitrogen and oxygen atoms in total. The molecule has 2 atom stereocenters. The minimum Gasteiger partial charge on any atom is -0.396 e. The predicted molar refractivity (Wildman–Crippen MR) is 70.1 cm³/mol. The molecule has 0 radical (unpaired) electrons. The van der Waals surface area contributed by atoms with Gasteiger partial charge in [-0.1, -0.05) is 29.8 Å². The Morgan fingerprint density at radius 1 is 1.29 bits per heavy atom. The summed E-state index contributed by atoms with van der Waals surface area (Å²) in [5.74, 6) is 0. The fourth-order valence-corrected chi connectivity index (χ4v) is 1.88. The van der Waals surface area contributed by atoms with Crippen molar-refractivity contribution in [1.82, 2.24) is 5.32 Å². The second-order valence-electron chi connectivity index (χ2n) is 4.46. The molecule has 17 heavy (non-hydrogen) atoms. The molecule has 1 rings (SSSR count). The van der Waals surface area contributed by atoms with Crippen molar-refractivity contribution < 1.29 is 9.84 Å². The normalized spacial score (nSPS) is 14.6. The zero-order valence-corrected chi connectivity index (χ0v) is 10.9. The molecule has 0 saturated carbocycles. The molecule has 1 aromatic rings. The monoisotopic (exact) mass is 237 g/mol. The van der Waals surface area contributed by atoms with Crippen LogP contribution in [-0.4, -0.2) is 31.5 Å². The van der Waals surface area contributed by atoms with Crippen LogP contribution in [0.15, 0.2) is 24.3 Å². The van der Waals surface area contributed by atoms with E-state index < -0.39 is 0 Å². The van der Waals surface area contributed by atoms with Gasteiger partial charge in [0.05, 0.1) is 6.61 Å². The Morgan fingerprint density at radius 2 is 1.94 bits per heavy atom. The summed E-state index contributed by atoms with van der Waals surface area (Å²) in [6.07, 6.45) is 0.712. The van der Waals surface area contributed by atoms with E-state index in [2.05, 4.69) is 43.4 Å². The van der Waals surface area contributed by atoms with Crippen LogP contribution in [0.2, 0.25) is 0 Å². The highest BCUT2D eigenvalue weighted by Gasteiger charge is 2.12. The number of hydrogen-bond donors (Lipinski definition) is 2. The van der Waals surface area contributed by atoms with E-state index in [1.54, 1.807) is 7.11 Å². The Bertz CT molecular complexity index is 305. The van der Waals surface area contributed by atoms with Gasteiger partial charge in [-0.25, -0.2) is 0 Å². The summed E-state index contributed by atoms with van der Waals surface area (Å²) in [5.41, 5.74) is 2.53. The third-order valence-corrected chi connectivity index (χ3v) is 2.91. The summed E-state index contributed by atoms with van der Waals surface area (Å²) in [7, 11) is 1.68. The number of aliphatic hydroxyl groups excluding tert-OH is 1. The topological polar surface area (TPSA) is 41.5 Å². The number of ether oxygens (including phenoxy) is 1. The van der Waals surface area contributed by atoms with E-state index in [1.165, 1.54) is 11.1 Å². The number of hydrogen-bond acceptors (Lipinski definition) is 3. The van der Waals surface area contributed by atoms with Crippen LogP contribution >= 0.6 is 0 Å². The maximum atomic E-state index is 8.99. The Morgan fingerprint density at radius 3 is 2.47 bits per heavy atom. The lowest BCUT2D eigenvalue weighted by Crippen LogP contribution is -2.36. The predicted octanol–water partition coefficient (Wildman–Crippen LogP) is 2.04. The molecule has 0 spiro atoms. The highest BCUT2D eigenvalue weighted by Crippen LogP contribution is 2.14. The number of rotatable bonds is 7. The first-order valence-electron chi connectivity index (χ1n) is 6.09. The lowest BCUT2D eigenvalue weighted by Gasteiger charge is -2.22. The Labute approximate surface area is 104 Å². The first-order valence-corrected chi connectivity index (χ1v) is 6.09. The number of aliphatic hydroxyl groups is 1. The van der Waals surface area contributed by atoms with Gasteiger partial charge in [-0.15, -0.1) is 0 Å². The van der Waals surface area contributed by atoms with Crippen LogP contribution in [-0.2, 0) is 4.74 Å². The molecule has 0 aliphatic rings. The van der Waals surface area contributed by atoms with Gasteiger partial charge in [0.2, 0.25) is 0 Å². The average molecular weight is 237 g/mol. The minimum atomic E-state index is 0.182. The zero-order chi connectivity index (χ0) is 12.7. The highest BCUT2D eigenvalue weighted by atomic mass is 16.5. The van der Waals surface area contributed by atoms with Crippen molar-refractivity contribution in [2.24, 2.45) is 0 Å². The SMILES string of the molecule is COCC(CCO)NC(C)c1ccc(C)cc1. The summed E-state index contributed by atoms with van der Waals surface area (Å²) >= 11 is 0. The van der Waals surface area contributed by atoms with Gasteiger partial charge in [-0.05, 0) is 25.8 Å². The third kappa shape index (κ3) is 4.86. The molecule has 0 fully saturated rings. The van der Waals surface area contributed by atoms with Crippen LogP contribution < -0.4 is 5.32 Å². The largest absolute Gasteiger partial charge is 0.396 e. The van der Waals surface area contributed by atoms with E-state index in [4.69, 9.17) is 9.84 Å². The van der Waals surface area contributed by atoms with Crippen molar-refractivity contribution in [2.75, 3.05) is 20.3 Å². The highest BCUT2D eigenvalue weighted by molar-refractivity contribution is 5.23. The molecule has 1 aromatic carbocycles. The molecule has 0 aliphatic carbocycles. The van der Waals surface area contributed by atoms with Gasteiger partial charge in [-0.2, -0.15) is 0 Å². The fourth-order valence-electron chi connectivity index (χ4n) is 1.88. The van der Waals surface area contributed by atoms with Gasteiger partial charge in [0, 0.05) is 25.8 Å². The quantitative estimate of drug-likeness (QED) is 0.762. The van der Waals surface area contributed by atoms with Crippen LogP contribution in [0.3, 0.4) is 0 Å². The van der Waals surface area contributed by atoms with Crippen LogP contribution in [0.5, 0.6) is 0 Å². The van der Waals surface area contributed by atoms with Crippen LogP contribution in [0.25, 0.3) is 0 Å². The number of methoxy groups -OCH3 is 1. The third-order valence-electron chi connectivity index (χ3n) is 2.91. The van der Waals surface area contributed by atoms with Crippen molar-refractivity contribution in [2.45, 2.75) is 32.4 Å². The summed E-state index contributed by atoms with van der Waals surface area (Å²) in [4.78, 5) is 0. The molecule has 0 bridgehead atoms. The van der Waals surface area contributed by atoms with E-state index >= 15 is 0 Å². The van der Waals surface area contributed by atoms with Crippen LogP contribution in [0.4, 0.5) is 0 Å². The average Bonchev–Trinajstić information content (AvgIpc) is 2.30. The molecule has 0 heterocycles. The second kappa shape index (κ2) is 7.43. The van der Waals surface area contributed by atoms with Gasteiger partial charge >= 0.3 is 0 Å². The molecule has 96 valence electrons. The van der Waals surface area contributed by atoms with Crippen molar-refractivity contribution >= 4 is 0 Å². The summed E-state index contributed by atoms with van der Waals surface area (Å²) in [6, 6.07) is 8.96. The maximum absolute atomic E-state index is 8.99. The molecular formula is C14H23NO2. The first-order chi connectivity index (χ1) is 8.17. The molecule has 0 aromatic heterocycles. The molecule has 0 amide bonds. The standard InChI is InChI=1S/C14H23NO2/c1-11-4-6-13(7-5-11)12(2)15-14(8-9-16)10-17-3/h4-7,12,14-16H,8-10H2,1-3H3. The van der Waals surface area contributed by atoms with E-state index in [1.807, 2.05) is 0 Å². The number of nitrogens with one attached hydrogen (secondary N) is 1. The molecular weight excluding hydrogens is 214 g/mol. The molecule has 3 heteroatoms. The van der Waals surface area contributed by atoms with Crippen LogP contribution in [0.1, 0.15) is 30.5 Å². The summed E-state index contributed by atoms with van der Waals surface area (Å²) in [5, 5.41) is 12.5. The summed E-state index contributed by atoms with van der Waals surface area (Å²) in [6.45, 7) is 5.02. The van der Waals surface area contributed by atoms with E-state index in [-0.39, 0.29) is 18.7 Å². The smallest absolute Gasteiger partial charge is 0.0616 e. The van der Waals surface area contributed by atoms with Gasteiger partial charge in [-0.3, -0.25) is 0 Å². The lowest BCUT2D eigenvalue weighted by molar-refractivity contribution is 0.143. The molecule has 2 unspecified atom stereocenters. The molecule has 0 aliphatic heterocycles. The Balaban J connectivity index is 2.56. The molecule has 0 saturated heterocycles. The summed E-state index contributed by atoms with van der Waals surface area (Å²) < 4.78 is 5.14. The Kier molecular flexibility index (Phi) is 6.19. The maximum Gasteiger partial charge on any atom is 0.0616 e. The van der Waals surface area contributed by atoms with Gasteiger partial charge in [0.25, 0.3) is 0 Å². The second-order valence-corrected chi connectivity index (χ2v) is 4.46. The van der Waals surface area contributed by atoms with E-state index in [0.717, 1.165) is 0 Å². The van der Waals surface area contributed by atoms with Gasteiger partial charge in [0.15, 0.2) is 0 Å². The van der Waals surface area contributed by atoms with Crippen molar-refractivity contribution in [3.05, 3.63) is 35.4 Å². The Hall–Kier alpha value is -0.900. The number of benzene rings is 1.